The number of hydrogen-bond acceptors (Lipinski definition) is 6. The highest BCUT2D eigenvalue weighted by atomic mass is 32.2. The standard InChI is InChI=1S/C13H16N4O2S2/c18-21(19,12-6-2-5-11-13(12)16-20-15-11)17-7-9-3-1-4-10(8-17)14-9/h2,5-6,9-10,14H,1,3-4,7-8H2. The van der Waals surface area contributed by atoms with Crippen molar-refractivity contribution in [2.75, 3.05) is 13.1 Å². The molecule has 3 heterocycles. The summed E-state index contributed by atoms with van der Waals surface area (Å²) in [6.45, 7) is 1.10. The Morgan fingerprint density at radius 3 is 2.71 bits per heavy atom. The van der Waals surface area contributed by atoms with Crippen molar-refractivity contribution in [2.24, 2.45) is 0 Å². The van der Waals surface area contributed by atoms with E-state index in [9.17, 15) is 8.42 Å². The van der Waals surface area contributed by atoms with E-state index in [1.807, 2.05) is 0 Å². The van der Waals surface area contributed by atoms with Gasteiger partial charge in [-0.15, -0.1) is 0 Å². The van der Waals surface area contributed by atoms with Gasteiger partial charge in [0.1, 0.15) is 15.9 Å². The zero-order valence-corrected chi connectivity index (χ0v) is 13.0. The molecule has 2 aromatic rings. The maximum absolute atomic E-state index is 13.0. The van der Waals surface area contributed by atoms with Crippen LogP contribution >= 0.6 is 11.7 Å². The minimum absolute atomic E-state index is 0.278. The molecule has 8 heteroatoms. The number of benzene rings is 1. The summed E-state index contributed by atoms with van der Waals surface area (Å²) in [5.74, 6) is 0. The summed E-state index contributed by atoms with van der Waals surface area (Å²) >= 11 is 1.05. The van der Waals surface area contributed by atoms with Crippen LogP contribution in [0.2, 0.25) is 0 Å². The third kappa shape index (κ3) is 2.26. The van der Waals surface area contributed by atoms with Gasteiger partial charge in [0.15, 0.2) is 0 Å². The lowest BCUT2D eigenvalue weighted by Gasteiger charge is -2.41. The smallest absolute Gasteiger partial charge is 0.245 e. The molecule has 0 saturated carbocycles. The van der Waals surface area contributed by atoms with Crippen LogP contribution in [-0.2, 0) is 10.0 Å². The fourth-order valence-electron chi connectivity index (χ4n) is 3.29. The van der Waals surface area contributed by atoms with Gasteiger partial charge < -0.3 is 5.32 Å². The van der Waals surface area contributed by atoms with Gasteiger partial charge in [-0.1, -0.05) is 12.5 Å². The fourth-order valence-corrected chi connectivity index (χ4v) is 5.57. The van der Waals surface area contributed by atoms with Gasteiger partial charge in [-0.25, -0.2) is 8.42 Å². The third-order valence-electron chi connectivity index (χ3n) is 4.29. The highest BCUT2D eigenvalue weighted by molar-refractivity contribution is 7.89. The van der Waals surface area contributed by atoms with E-state index in [0.717, 1.165) is 24.6 Å². The molecule has 0 radical (unpaired) electrons. The fraction of sp³-hybridized carbons (Fsp3) is 0.538. The molecule has 1 N–H and O–H groups in total. The molecule has 1 aromatic heterocycles. The second-order valence-corrected chi connectivity index (χ2v) is 8.14. The Balaban J connectivity index is 1.74. The highest BCUT2D eigenvalue weighted by Gasteiger charge is 2.37. The molecule has 2 atom stereocenters. The molecule has 2 saturated heterocycles. The molecule has 21 heavy (non-hydrogen) atoms. The van der Waals surface area contributed by atoms with Crippen LogP contribution in [0.4, 0.5) is 0 Å². The molecule has 6 nitrogen and oxygen atoms in total. The third-order valence-corrected chi connectivity index (χ3v) is 6.70. The summed E-state index contributed by atoms with van der Waals surface area (Å²) < 4.78 is 35.8. The first-order valence-electron chi connectivity index (χ1n) is 7.12. The zero-order valence-electron chi connectivity index (χ0n) is 11.4. The van der Waals surface area contributed by atoms with Crippen molar-refractivity contribution in [3.63, 3.8) is 0 Å². The molecule has 2 fully saturated rings. The Morgan fingerprint density at radius 2 is 1.95 bits per heavy atom. The number of nitrogens with one attached hydrogen (secondary N) is 1. The SMILES string of the molecule is O=S(=O)(c1cccc2nsnc12)N1CC2CCCC(C1)N2. The van der Waals surface area contributed by atoms with Crippen molar-refractivity contribution >= 4 is 32.8 Å². The van der Waals surface area contributed by atoms with Crippen molar-refractivity contribution < 1.29 is 8.42 Å². The summed E-state index contributed by atoms with van der Waals surface area (Å²) in [6.07, 6.45) is 3.28. The van der Waals surface area contributed by atoms with E-state index in [0.29, 0.717) is 24.1 Å². The van der Waals surface area contributed by atoms with E-state index in [1.54, 1.807) is 22.5 Å². The first-order valence-corrected chi connectivity index (χ1v) is 9.29. The number of sulfonamides is 1. The van der Waals surface area contributed by atoms with E-state index in [4.69, 9.17) is 0 Å². The number of nitrogens with zero attached hydrogens (tertiary/aromatic N) is 3. The second-order valence-electron chi connectivity index (χ2n) is 5.70. The van der Waals surface area contributed by atoms with E-state index in [-0.39, 0.29) is 17.0 Å². The van der Waals surface area contributed by atoms with Crippen molar-refractivity contribution in [1.82, 2.24) is 18.4 Å². The van der Waals surface area contributed by atoms with Crippen LogP contribution in [-0.4, -0.2) is 46.6 Å². The van der Waals surface area contributed by atoms with Crippen LogP contribution in [0.1, 0.15) is 19.3 Å². The van der Waals surface area contributed by atoms with E-state index < -0.39 is 10.0 Å². The van der Waals surface area contributed by atoms with Crippen LogP contribution < -0.4 is 5.32 Å². The van der Waals surface area contributed by atoms with Crippen molar-refractivity contribution in [1.29, 1.82) is 0 Å². The maximum Gasteiger partial charge on any atom is 0.245 e. The van der Waals surface area contributed by atoms with Gasteiger partial charge in [-0.2, -0.15) is 13.1 Å². The summed E-state index contributed by atoms with van der Waals surface area (Å²) in [7, 11) is -3.50. The highest BCUT2D eigenvalue weighted by Crippen LogP contribution is 2.28. The van der Waals surface area contributed by atoms with Crippen LogP contribution in [0.5, 0.6) is 0 Å². The molecular formula is C13H16N4O2S2. The average Bonchev–Trinajstić information content (AvgIpc) is 2.94. The maximum atomic E-state index is 13.0. The summed E-state index contributed by atoms with van der Waals surface area (Å²) in [4.78, 5) is 0.286. The molecule has 2 bridgehead atoms. The number of aromatic nitrogens is 2. The quantitative estimate of drug-likeness (QED) is 0.898. The van der Waals surface area contributed by atoms with Crippen molar-refractivity contribution in [2.45, 2.75) is 36.2 Å². The lowest BCUT2D eigenvalue weighted by molar-refractivity contribution is 0.190. The lowest BCUT2D eigenvalue weighted by Crippen LogP contribution is -2.59. The predicted molar refractivity (Wildman–Crippen MR) is 80.7 cm³/mol. The predicted octanol–water partition coefficient (Wildman–Crippen LogP) is 1.21. The van der Waals surface area contributed by atoms with E-state index >= 15 is 0 Å². The molecule has 2 aliphatic heterocycles. The Labute approximate surface area is 127 Å². The Hall–Kier alpha value is -1.09. The van der Waals surface area contributed by atoms with Gasteiger partial charge in [0.25, 0.3) is 0 Å². The first kappa shape index (κ1) is 13.6. The van der Waals surface area contributed by atoms with Gasteiger partial charge in [-0.3, -0.25) is 0 Å². The molecule has 0 aliphatic carbocycles. The topological polar surface area (TPSA) is 75.2 Å². The van der Waals surface area contributed by atoms with Gasteiger partial charge in [0.05, 0.1) is 11.7 Å². The van der Waals surface area contributed by atoms with Crippen molar-refractivity contribution in [3.05, 3.63) is 18.2 Å². The van der Waals surface area contributed by atoms with Crippen LogP contribution in [0.15, 0.2) is 23.1 Å². The lowest BCUT2D eigenvalue weighted by atomic mass is 9.96. The molecule has 112 valence electrons. The van der Waals surface area contributed by atoms with Gasteiger partial charge >= 0.3 is 0 Å². The minimum Gasteiger partial charge on any atom is -0.309 e. The molecule has 2 aliphatic rings. The molecule has 0 amide bonds. The Kier molecular flexibility index (Phi) is 3.21. The molecule has 0 spiro atoms. The molecule has 4 rings (SSSR count). The summed E-state index contributed by atoms with van der Waals surface area (Å²) in [6, 6.07) is 5.72. The van der Waals surface area contributed by atoms with Crippen LogP contribution in [0, 0.1) is 0 Å². The largest absolute Gasteiger partial charge is 0.309 e. The van der Waals surface area contributed by atoms with E-state index in [1.165, 1.54) is 6.42 Å². The van der Waals surface area contributed by atoms with Crippen molar-refractivity contribution in [3.8, 4) is 0 Å². The van der Waals surface area contributed by atoms with Gasteiger partial charge in [0.2, 0.25) is 10.0 Å². The number of rotatable bonds is 2. The summed E-state index contributed by atoms with van der Waals surface area (Å²) in [5.41, 5.74) is 1.14. The van der Waals surface area contributed by atoms with Gasteiger partial charge in [0, 0.05) is 25.2 Å². The number of fused-ring (bicyclic) bond motifs is 3. The minimum atomic E-state index is -3.50. The van der Waals surface area contributed by atoms with Gasteiger partial charge in [-0.05, 0) is 25.0 Å². The average molecular weight is 324 g/mol. The normalized spacial score (nSPS) is 27.0. The number of hydrogen-bond donors (Lipinski definition) is 1. The molecule has 1 aromatic carbocycles. The molecule has 2 unspecified atom stereocenters. The monoisotopic (exact) mass is 324 g/mol. The number of piperidine rings is 1. The van der Waals surface area contributed by atoms with Crippen LogP contribution in [0.3, 0.4) is 0 Å². The van der Waals surface area contributed by atoms with E-state index in [2.05, 4.69) is 14.1 Å². The zero-order chi connectivity index (χ0) is 14.4. The molecular weight excluding hydrogens is 308 g/mol. The summed E-state index contributed by atoms with van der Waals surface area (Å²) in [5, 5.41) is 3.51. The Bertz CT molecular complexity index is 761. The van der Waals surface area contributed by atoms with Crippen LogP contribution in [0.25, 0.3) is 11.0 Å². The Morgan fingerprint density at radius 1 is 1.19 bits per heavy atom. The number of piperazine rings is 1. The first-order chi connectivity index (χ1) is 10.1. The second kappa shape index (κ2) is 4.98.